The number of hydrogen-bond acceptors (Lipinski definition) is 5. The van der Waals surface area contributed by atoms with Gasteiger partial charge in [-0.1, -0.05) is 13.3 Å². The van der Waals surface area contributed by atoms with Crippen LogP contribution in [-0.4, -0.2) is 36.7 Å². The zero-order chi connectivity index (χ0) is 19.9. The first kappa shape index (κ1) is 21.9. The van der Waals surface area contributed by atoms with Crippen LogP contribution in [0.2, 0.25) is 0 Å². The third-order valence-corrected chi connectivity index (χ3v) is 3.57. The maximum absolute atomic E-state index is 13.9. The largest absolute Gasteiger partial charge is 0.461 e. The molecular formula is C20H30FNO4. The second-order valence-corrected chi connectivity index (χ2v) is 6.91. The second-order valence-electron chi connectivity index (χ2n) is 6.91. The van der Waals surface area contributed by atoms with Gasteiger partial charge in [0.2, 0.25) is 6.04 Å². The molecule has 5 nitrogen and oxygen atoms in total. The van der Waals surface area contributed by atoms with E-state index in [1.165, 1.54) is 12.1 Å². The summed E-state index contributed by atoms with van der Waals surface area (Å²) in [6, 6.07) is 3.19. The van der Waals surface area contributed by atoms with Crippen LogP contribution in [0.4, 0.5) is 10.1 Å². The first-order valence-electron chi connectivity index (χ1n) is 9.10. The molecule has 0 heterocycles. The Balaban J connectivity index is 3.34. The molecule has 0 saturated heterocycles. The van der Waals surface area contributed by atoms with Crippen LogP contribution in [0.5, 0.6) is 0 Å². The first-order valence-corrected chi connectivity index (χ1v) is 9.10. The molecule has 0 aliphatic carbocycles. The Kier molecular flexibility index (Phi) is 8.55. The van der Waals surface area contributed by atoms with Gasteiger partial charge in [0, 0.05) is 12.2 Å². The van der Waals surface area contributed by atoms with Gasteiger partial charge in [0.25, 0.3) is 0 Å². The smallest absolute Gasteiger partial charge is 0.340 e. The summed E-state index contributed by atoms with van der Waals surface area (Å²) in [5.74, 6) is -1.80. The maximum Gasteiger partial charge on any atom is 0.340 e. The normalized spacial score (nSPS) is 11.2. The number of hydrogen-bond donors (Lipinski definition) is 0. The monoisotopic (exact) mass is 367 g/mol. The number of carbonyl (C=O) groups excluding carboxylic acids is 2. The molecule has 146 valence electrons. The quantitative estimate of drug-likeness (QED) is 0.487. The number of esters is 2. The average Bonchev–Trinajstić information content (AvgIpc) is 2.48. The molecule has 0 amide bonds. The van der Waals surface area contributed by atoms with Crippen molar-refractivity contribution in [1.29, 1.82) is 0 Å². The van der Waals surface area contributed by atoms with Crippen molar-refractivity contribution in [1.82, 2.24) is 0 Å². The number of rotatable bonds is 9. The van der Waals surface area contributed by atoms with Gasteiger partial charge in [0.05, 0.1) is 12.2 Å². The summed E-state index contributed by atoms with van der Waals surface area (Å²) in [5, 5.41) is 0. The van der Waals surface area contributed by atoms with Gasteiger partial charge in [0.15, 0.2) is 0 Å². The molecule has 26 heavy (non-hydrogen) atoms. The van der Waals surface area contributed by atoms with E-state index < -0.39 is 23.8 Å². The molecule has 0 saturated carbocycles. The van der Waals surface area contributed by atoms with Crippen molar-refractivity contribution in [2.24, 2.45) is 0 Å². The standard InChI is InChI=1S/C20H30FNO4/c1-7-8-9-22(17-11-15(6)10-16(21)12-17)18(19(23)25-13(2)3)20(24)26-14(4)5/h10-14,18H,7-9H2,1-6H3. The van der Waals surface area contributed by atoms with E-state index >= 15 is 0 Å². The van der Waals surface area contributed by atoms with Gasteiger partial charge in [-0.25, -0.2) is 14.0 Å². The minimum Gasteiger partial charge on any atom is -0.461 e. The van der Waals surface area contributed by atoms with Crippen molar-refractivity contribution in [2.45, 2.75) is 72.6 Å². The Morgan fingerprint density at radius 3 is 2.00 bits per heavy atom. The lowest BCUT2D eigenvalue weighted by Crippen LogP contribution is -2.50. The third kappa shape index (κ3) is 6.65. The van der Waals surface area contributed by atoms with Gasteiger partial charge in [-0.15, -0.1) is 0 Å². The van der Waals surface area contributed by atoms with Crippen LogP contribution < -0.4 is 4.90 Å². The lowest BCUT2D eigenvalue weighted by molar-refractivity contribution is -0.161. The molecule has 0 fully saturated rings. The molecule has 1 aromatic carbocycles. The highest BCUT2D eigenvalue weighted by atomic mass is 19.1. The molecule has 0 atom stereocenters. The average molecular weight is 367 g/mol. The van der Waals surface area contributed by atoms with E-state index in [0.717, 1.165) is 12.8 Å². The zero-order valence-electron chi connectivity index (χ0n) is 16.5. The molecule has 0 bridgehead atoms. The van der Waals surface area contributed by atoms with E-state index in [1.54, 1.807) is 45.6 Å². The van der Waals surface area contributed by atoms with Crippen molar-refractivity contribution in [3.63, 3.8) is 0 Å². The number of benzene rings is 1. The van der Waals surface area contributed by atoms with Crippen LogP contribution in [-0.2, 0) is 19.1 Å². The minimum atomic E-state index is -1.27. The Labute approximate surface area is 155 Å². The fraction of sp³-hybridized carbons (Fsp3) is 0.600. The molecule has 0 aliphatic rings. The SMILES string of the molecule is CCCCN(c1cc(C)cc(F)c1)C(C(=O)OC(C)C)C(=O)OC(C)C. The fourth-order valence-corrected chi connectivity index (χ4v) is 2.56. The molecule has 0 radical (unpaired) electrons. The van der Waals surface area contributed by atoms with Crippen LogP contribution in [0.25, 0.3) is 0 Å². The van der Waals surface area contributed by atoms with Crippen molar-refractivity contribution < 1.29 is 23.5 Å². The van der Waals surface area contributed by atoms with Gasteiger partial charge in [-0.05, 0) is 64.8 Å². The van der Waals surface area contributed by atoms with Crippen LogP contribution in [0, 0.1) is 12.7 Å². The fourth-order valence-electron chi connectivity index (χ4n) is 2.56. The summed E-state index contributed by atoms with van der Waals surface area (Å²) in [5.41, 5.74) is 1.16. The molecule has 1 rings (SSSR count). The number of unbranched alkanes of at least 4 members (excludes halogenated alkanes) is 1. The van der Waals surface area contributed by atoms with Gasteiger partial charge >= 0.3 is 11.9 Å². The van der Waals surface area contributed by atoms with E-state index in [1.807, 2.05) is 6.92 Å². The Morgan fingerprint density at radius 2 is 1.58 bits per heavy atom. The van der Waals surface area contributed by atoms with E-state index in [9.17, 15) is 14.0 Å². The van der Waals surface area contributed by atoms with Crippen LogP contribution in [0.3, 0.4) is 0 Å². The Bertz CT molecular complexity index is 574. The lowest BCUT2D eigenvalue weighted by atomic mass is 10.1. The van der Waals surface area contributed by atoms with E-state index in [-0.39, 0.29) is 12.2 Å². The highest BCUT2D eigenvalue weighted by Crippen LogP contribution is 2.23. The number of carbonyl (C=O) groups is 2. The maximum atomic E-state index is 13.9. The number of halogens is 1. The Morgan fingerprint density at radius 1 is 1.04 bits per heavy atom. The van der Waals surface area contributed by atoms with Gasteiger partial charge < -0.3 is 14.4 Å². The number of nitrogens with zero attached hydrogens (tertiary/aromatic N) is 1. The zero-order valence-corrected chi connectivity index (χ0v) is 16.5. The summed E-state index contributed by atoms with van der Waals surface area (Å²) in [4.78, 5) is 26.9. The molecular weight excluding hydrogens is 337 g/mol. The third-order valence-electron chi connectivity index (χ3n) is 3.57. The summed E-state index contributed by atoms with van der Waals surface area (Å²) in [7, 11) is 0. The highest BCUT2D eigenvalue weighted by Gasteiger charge is 2.37. The highest BCUT2D eigenvalue weighted by molar-refractivity contribution is 6.02. The Hall–Kier alpha value is -2.11. The molecule has 6 heteroatoms. The van der Waals surface area contributed by atoms with E-state index in [0.29, 0.717) is 17.8 Å². The molecule has 0 N–H and O–H groups in total. The van der Waals surface area contributed by atoms with Gasteiger partial charge in [-0.2, -0.15) is 0 Å². The molecule has 0 aliphatic heterocycles. The second kappa shape index (κ2) is 10.1. The van der Waals surface area contributed by atoms with Crippen LogP contribution in [0.15, 0.2) is 18.2 Å². The van der Waals surface area contributed by atoms with Crippen molar-refractivity contribution >= 4 is 17.6 Å². The van der Waals surface area contributed by atoms with Crippen molar-refractivity contribution in [3.8, 4) is 0 Å². The predicted octanol–water partition coefficient (Wildman–Crippen LogP) is 4.01. The molecule has 0 aromatic heterocycles. The van der Waals surface area contributed by atoms with E-state index in [4.69, 9.17) is 9.47 Å². The van der Waals surface area contributed by atoms with Crippen LogP contribution in [0.1, 0.15) is 53.0 Å². The predicted molar refractivity (Wildman–Crippen MR) is 99.6 cm³/mol. The summed E-state index contributed by atoms with van der Waals surface area (Å²) in [6.45, 7) is 11.0. The van der Waals surface area contributed by atoms with E-state index in [2.05, 4.69) is 0 Å². The summed E-state index contributed by atoms with van der Waals surface area (Å²) >= 11 is 0. The minimum absolute atomic E-state index is 0.376. The number of ether oxygens (including phenoxy) is 2. The topological polar surface area (TPSA) is 55.8 Å². The van der Waals surface area contributed by atoms with Crippen molar-refractivity contribution in [2.75, 3.05) is 11.4 Å². The number of anilines is 1. The molecule has 0 unspecified atom stereocenters. The van der Waals surface area contributed by atoms with Gasteiger partial charge in [-0.3, -0.25) is 0 Å². The van der Waals surface area contributed by atoms with Gasteiger partial charge in [0.1, 0.15) is 5.82 Å². The van der Waals surface area contributed by atoms with Crippen molar-refractivity contribution in [3.05, 3.63) is 29.6 Å². The van der Waals surface area contributed by atoms with Crippen LogP contribution >= 0.6 is 0 Å². The summed E-state index contributed by atoms with van der Waals surface area (Å²) in [6.07, 6.45) is 0.838. The number of aryl methyl sites for hydroxylation is 1. The first-order chi connectivity index (χ1) is 12.1. The molecule has 1 aromatic rings. The summed E-state index contributed by atoms with van der Waals surface area (Å²) < 4.78 is 24.5. The lowest BCUT2D eigenvalue weighted by Gasteiger charge is -2.32. The molecule has 0 spiro atoms.